The highest BCUT2D eigenvalue weighted by Gasteiger charge is 2.42. The van der Waals surface area contributed by atoms with Crippen molar-refractivity contribution >= 4 is 23.4 Å². The summed E-state index contributed by atoms with van der Waals surface area (Å²) in [6.07, 6.45) is 5.67. The Hall–Kier alpha value is -3.45. The van der Waals surface area contributed by atoms with Crippen LogP contribution in [0.3, 0.4) is 0 Å². The van der Waals surface area contributed by atoms with Crippen molar-refractivity contribution in [3.8, 4) is 11.5 Å². The van der Waals surface area contributed by atoms with Gasteiger partial charge < -0.3 is 9.47 Å². The molecule has 0 N–H and O–H groups in total. The van der Waals surface area contributed by atoms with E-state index in [2.05, 4.69) is 16.9 Å². The lowest BCUT2D eigenvalue weighted by atomic mass is 10.0. The van der Waals surface area contributed by atoms with Crippen LogP contribution < -0.4 is 9.47 Å². The van der Waals surface area contributed by atoms with Crippen molar-refractivity contribution in [1.82, 2.24) is 14.9 Å². The van der Waals surface area contributed by atoms with E-state index in [-0.39, 0.29) is 5.15 Å². The number of imide groups is 1. The number of hydrogen-bond donors (Lipinski definition) is 0. The molecule has 1 unspecified atom stereocenters. The maximum absolute atomic E-state index is 13.4. The molecule has 1 aliphatic rings. The van der Waals surface area contributed by atoms with Gasteiger partial charge in [0.05, 0.1) is 24.3 Å². The van der Waals surface area contributed by atoms with Crippen LogP contribution in [-0.4, -0.2) is 39.9 Å². The number of halogens is 1. The molecule has 1 atom stereocenters. The fourth-order valence-corrected chi connectivity index (χ4v) is 4.06. The first kappa shape index (κ1) is 23.7. The number of hydrogen-bond acceptors (Lipinski definition) is 6. The monoisotopic (exact) mass is 479 g/mol. The van der Waals surface area contributed by atoms with Gasteiger partial charge in [-0.2, -0.15) is 0 Å². The molecule has 0 bridgehead atoms. The lowest BCUT2D eigenvalue weighted by Gasteiger charge is -2.27. The third-order valence-corrected chi connectivity index (χ3v) is 5.81. The molecule has 0 aliphatic carbocycles. The van der Waals surface area contributed by atoms with Crippen molar-refractivity contribution in [3.63, 3.8) is 0 Å². The Bertz CT molecular complexity index is 1170. The molecule has 176 valence electrons. The molecule has 0 saturated carbocycles. The molecule has 4 rings (SSSR count). The quantitative estimate of drug-likeness (QED) is 0.283. The van der Waals surface area contributed by atoms with Crippen LogP contribution in [0.25, 0.3) is 0 Å². The van der Waals surface area contributed by atoms with Crippen molar-refractivity contribution in [2.24, 2.45) is 0 Å². The van der Waals surface area contributed by atoms with Gasteiger partial charge in [-0.1, -0.05) is 50.1 Å². The van der Waals surface area contributed by atoms with Gasteiger partial charge >= 0.3 is 0 Å². The molecule has 2 aromatic carbocycles. The molecule has 7 nitrogen and oxygen atoms in total. The van der Waals surface area contributed by atoms with Crippen LogP contribution in [0.2, 0.25) is 5.15 Å². The first-order valence-corrected chi connectivity index (χ1v) is 11.8. The van der Waals surface area contributed by atoms with E-state index in [0.29, 0.717) is 47.1 Å². The highest BCUT2D eigenvalue weighted by Crippen LogP contribution is 2.40. The van der Waals surface area contributed by atoms with E-state index in [4.69, 9.17) is 21.1 Å². The number of amides is 2. The Morgan fingerprint density at radius 1 is 0.882 bits per heavy atom. The summed E-state index contributed by atoms with van der Waals surface area (Å²) < 4.78 is 11.9. The number of nitrogens with zero attached hydrogens (tertiary/aromatic N) is 3. The van der Waals surface area contributed by atoms with Crippen LogP contribution in [0.5, 0.6) is 11.5 Å². The van der Waals surface area contributed by atoms with Gasteiger partial charge in [0.15, 0.2) is 16.7 Å². The summed E-state index contributed by atoms with van der Waals surface area (Å²) in [6.45, 7) is 5.18. The third kappa shape index (κ3) is 4.61. The van der Waals surface area contributed by atoms with Crippen LogP contribution in [0.15, 0.2) is 54.9 Å². The molecule has 1 aliphatic heterocycles. The summed E-state index contributed by atoms with van der Waals surface area (Å²) in [5, 5.41) is 0.115. The van der Waals surface area contributed by atoms with E-state index in [1.807, 2.05) is 6.92 Å². The van der Waals surface area contributed by atoms with E-state index >= 15 is 0 Å². The number of carbonyl (C=O) groups is 2. The van der Waals surface area contributed by atoms with Crippen LogP contribution in [0, 0.1) is 0 Å². The van der Waals surface area contributed by atoms with E-state index < -0.39 is 17.9 Å². The Labute approximate surface area is 203 Å². The average Bonchev–Trinajstić information content (AvgIpc) is 3.10. The number of unbranched alkanes of at least 4 members (excludes halogenated alkanes) is 1. The number of fused-ring (bicyclic) bond motifs is 1. The molecule has 2 amide bonds. The third-order valence-electron chi connectivity index (χ3n) is 5.52. The minimum absolute atomic E-state index is 0.115. The Kier molecular flexibility index (Phi) is 7.43. The molecule has 0 radical (unpaired) electrons. The first-order chi connectivity index (χ1) is 16.6. The average molecular weight is 480 g/mol. The largest absolute Gasteiger partial charge is 0.490 e. The summed E-state index contributed by atoms with van der Waals surface area (Å²) in [7, 11) is 0. The molecular formula is C26H26ClN3O4. The first-order valence-electron chi connectivity index (χ1n) is 11.4. The van der Waals surface area contributed by atoms with E-state index in [0.717, 1.165) is 19.3 Å². The van der Waals surface area contributed by atoms with Crippen molar-refractivity contribution in [1.29, 1.82) is 0 Å². The van der Waals surface area contributed by atoms with Crippen LogP contribution in [0.4, 0.5) is 0 Å². The normalized spacial score (nSPS) is 13.7. The Morgan fingerprint density at radius 2 is 1.56 bits per heavy atom. The van der Waals surface area contributed by atoms with Gasteiger partial charge in [-0.25, -0.2) is 4.98 Å². The topological polar surface area (TPSA) is 81.6 Å². The SMILES string of the molecule is CCCCOc1cc(C(c2nccnc2Cl)N2C(=O)c3ccccc3C2=O)ccc1OCCC. The summed E-state index contributed by atoms with van der Waals surface area (Å²) in [4.78, 5) is 36.5. The van der Waals surface area contributed by atoms with E-state index in [9.17, 15) is 9.59 Å². The minimum atomic E-state index is -0.887. The van der Waals surface area contributed by atoms with Crippen LogP contribution >= 0.6 is 11.6 Å². The van der Waals surface area contributed by atoms with Gasteiger partial charge in [-0.15, -0.1) is 0 Å². The number of ether oxygens (including phenoxy) is 2. The highest BCUT2D eigenvalue weighted by atomic mass is 35.5. The molecule has 3 aromatic rings. The number of benzene rings is 2. The van der Waals surface area contributed by atoms with Gasteiger partial charge in [0.1, 0.15) is 11.7 Å². The zero-order chi connectivity index (χ0) is 24.1. The second-order valence-corrected chi connectivity index (χ2v) is 8.28. The van der Waals surface area contributed by atoms with Gasteiger partial charge in [0.2, 0.25) is 0 Å². The van der Waals surface area contributed by atoms with Crippen molar-refractivity contribution in [2.75, 3.05) is 13.2 Å². The predicted molar refractivity (Wildman–Crippen MR) is 128 cm³/mol. The lowest BCUT2D eigenvalue weighted by Crippen LogP contribution is -2.35. The second-order valence-electron chi connectivity index (χ2n) is 7.92. The smallest absolute Gasteiger partial charge is 0.262 e. The van der Waals surface area contributed by atoms with Crippen molar-refractivity contribution < 1.29 is 19.1 Å². The van der Waals surface area contributed by atoms with Crippen LogP contribution in [0.1, 0.15) is 71.1 Å². The van der Waals surface area contributed by atoms with Gasteiger partial charge in [0.25, 0.3) is 11.8 Å². The van der Waals surface area contributed by atoms with Gasteiger partial charge in [-0.05, 0) is 42.7 Å². The van der Waals surface area contributed by atoms with Gasteiger partial charge in [-0.3, -0.25) is 19.5 Å². The summed E-state index contributed by atoms with van der Waals surface area (Å²) in [5.74, 6) is 0.327. The maximum atomic E-state index is 13.4. The molecule has 2 heterocycles. The van der Waals surface area contributed by atoms with Crippen LogP contribution in [-0.2, 0) is 0 Å². The Balaban J connectivity index is 1.82. The number of aromatic nitrogens is 2. The maximum Gasteiger partial charge on any atom is 0.262 e. The van der Waals surface area contributed by atoms with Crippen molar-refractivity contribution in [2.45, 2.75) is 39.2 Å². The molecule has 0 saturated heterocycles. The highest BCUT2D eigenvalue weighted by molar-refractivity contribution is 6.30. The zero-order valence-corrected chi connectivity index (χ0v) is 19.9. The fraction of sp³-hybridized carbons (Fsp3) is 0.308. The molecule has 34 heavy (non-hydrogen) atoms. The zero-order valence-electron chi connectivity index (χ0n) is 19.2. The standard InChI is InChI=1S/C26H26ClN3O4/c1-3-5-15-34-21-16-17(10-11-20(21)33-14-4-2)23(22-24(27)29-13-12-28-22)30-25(31)18-8-6-7-9-19(18)26(30)32/h6-13,16,23H,3-5,14-15H2,1-2H3. The molecular weight excluding hydrogens is 454 g/mol. The van der Waals surface area contributed by atoms with Crippen molar-refractivity contribution in [3.05, 3.63) is 82.4 Å². The van der Waals surface area contributed by atoms with E-state index in [1.54, 1.807) is 42.5 Å². The van der Waals surface area contributed by atoms with Gasteiger partial charge in [0, 0.05) is 12.4 Å². The molecule has 0 spiro atoms. The number of rotatable bonds is 10. The second kappa shape index (κ2) is 10.7. The summed E-state index contributed by atoms with van der Waals surface area (Å²) >= 11 is 6.42. The molecule has 0 fully saturated rings. The summed E-state index contributed by atoms with van der Waals surface area (Å²) in [5.41, 5.74) is 1.62. The minimum Gasteiger partial charge on any atom is -0.490 e. The fourth-order valence-electron chi connectivity index (χ4n) is 3.85. The lowest BCUT2D eigenvalue weighted by molar-refractivity contribution is 0.0605. The van der Waals surface area contributed by atoms with E-state index in [1.165, 1.54) is 17.3 Å². The number of carbonyl (C=O) groups excluding carboxylic acids is 2. The predicted octanol–water partition coefficient (Wildman–Crippen LogP) is 5.48. The molecule has 1 aromatic heterocycles. The molecule has 8 heteroatoms. The Morgan fingerprint density at radius 3 is 2.21 bits per heavy atom. The summed E-state index contributed by atoms with van der Waals surface area (Å²) in [6, 6.07) is 11.3.